The molecule has 0 amide bonds. The molecule has 4 heteroatoms. The summed E-state index contributed by atoms with van der Waals surface area (Å²) in [7, 11) is -3.22. The zero-order valence-electron chi connectivity index (χ0n) is 12.6. The second-order valence-corrected chi connectivity index (χ2v) is 8.42. The minimum atomic E-state index is -3.22. The highest BCUT2D eigenvalue weighted by Gasteiger charge is 2.30. The summed E-state index contributed by atoms with van der Waals surface area (Å²) in [5.41, 5.74) is 1.11. The van der Waals surface area contributed by atoms with Crippen LogP contribution in [0.4, 0.5) is 0 Å². The lowest BCUT2D eigenvalue weighted by Crippen LogP contribution is -2.20. The monoisotopic (exact) mass is 386 g/mol. The van der Waals surface area contributed by atoms with Crippen molar-refractivity contribution in [2.75, 3.05) is 0 Å². The molecule has 2 nitrogen and oxygen atoms in total. The second kappa shape index (κ2) is 6.74. The summed E-state index contributed by atoms with van der Waals surface area (Å²) in [6, 6.07) is 24.4. The largest absolute Gasteiger partial charge is 0.436 e. The Morgan fingerprint density at radius 2 is 1.35 bits per heavy atom. The van der Waals surface area contributed by atoms with Crippen molar-refractivity contribution in [3.8, 4) is 5.75 Å². The molecule has 23 heavy (non-hydrogen) atoms. The van der Waals surface area contributed by atoms with E-state index < -0.39 is 7.37 Å². The van der Waals surface area contributed by atoms with Crippen molar-refractivity contribution >= 4 is 33.9 Å². The zero-order valence-corrected chi connectivity index (χ0v) is 15.1. The van der Waals surface area contributed by atoms with Crippen molar-refractivity contribution in [1.82, 2.24) is 0 Å². The molecule has 0 aromatic heterocycles. The first kappa shape index (κ1) is 16.0. The molecule has 0 aliphatic heterocycles. The molecule has 3 aromatic rings. The van der Waals surface area contributed by atoms with Crippen LogP contribution in [0.3, 0.4) is 0 Å². The average Bonchev–Trinajstić information content (AvgIpc) is 2.59. The first-order chi connectivity index (χ1) is 11.1. The number of hydrogen-bond acceptors (Lipinski definition) is 2. The molecule has 0 aliphatic carbocycles. The maximum Gasteiger partial charge on any atom is 0.306 e. The van der Waals surface area contributed by atoms with Gasteiger partial charge in [0, 0.05) is 0 Å². The Morgan fingerprint density at radius 1 is 0.826 bits per heavy atom. The predicted molar refractivity (Wildman–Crippen MR) is 99.3 cm³/mol. The lowest BCUT2D eigenvalue weighted by atomic mass is 10.2. The van der Waals surface area contributed by atoms with Crippen LogP contribution >= 0.6 is 23.3 Å². The van der Waals surface area contributed by atoms with Crippen LogP contribution in [0.25, 0.3) is 0 Å². The number of rotatable bonds is 4. The van der Waals surface area contributed by atoms with Crippen LogP contribution in [0, 0.1) is 6.92 Å². The van der Waals surface area contributed by atoms with Gasteiger partial charge >= 0.3 is 7.37 Å². The number of hydrogen-bond donors (Lipinski definition) is 0. The van der Waals surface area contributed by atoms with Gasteiger partial charge in [-0.3, -0.25) is 4.57 Å². The van der Waals surface area contributed by atoms with E-state index in [-0.39, 0.29) is 0 Å². The van der Waals surface area contributed by atoms with Crippen molar-refractivity contribution < 1.29 is 9.09 Å². The molecule has 0 saturated heterocycles. The Bertz CT molecular complexity index is 804. The molecule has 3 aromatic carbocycles. The van der Waals surface area contributed by atoms with E-state index in [0.29, 0.717) is 16.4 Å². The van der Waals surface area contributed by atoms with Crippen molar-refractivity contribution in [3.05, 3.63) is 88.9 Å². The van der Waals surface area contributed by atoms with E-state index in [4.69, 9.17) is 4.52 Å². The Morgan fingerprint density at radius 3 is 1.83 bits per heavy atom. The highest BCUT2D eigenvalue weighted by atomic mass is 79.9. The minimum Gasteiger partial charge on any atom is -0.436 e. The molecule has 0 spiro atoms. The Balaban J connectivity index is 2.12. The molecular formula is C19H16BrO2P. The summed E-state index contributed by atoms with van der Waals surface area (Å²) in [5.74, 6) is 0.576. The molecule has 0 atom stereocenters. The van der Waals surface area contributed by atoms with Crippen LogP contribution in [0.1, 0.15) is 5.56 Å². The molecule has 0 bridgehead atoms. The Hall–Kier alpha value is -1.83. The van der Waals surface area contributed by atoms with E-state index in [1.54, 1.807) is 0 Å². The van der Waals surface area contributed by atoms with Crippen LogP contribution in [0.15, 0.2) is 83.3 Å². The van der Waals surface area contributed by atoms with E-state index in [2.05, 4.69) is 15.9 Å². The highest BCUT2D eigenvalue weighted by Crippen LogP contribution is 2.46. The van der Waals surface area contributed by atoms with E-state index in [9.17, 15) is 4.57 Å². The second-order valence-electron chi connectivity index (χ2n) is 5.25. The lowest BCUT2D eigenvalue weighted by molar-refractivity contribution is 0.501. The first-order valence-electron chi connectivity index (χ1n) is 7.26. The van der Waals surface area contributed by atoms with E-state index in [1.807, 2.05) is 85.8 Å². The normalized spacial score (nSPS) is 11.2. The maximum atomic E-state index is 13.8. The fourth-order valence-corrected chi connectivity index (χ4v) is 5.10. The molecule has 0 unspecified atom stereocenters. The molecule has 0 saturated carbocycles. The molecular weight excluding hydrogens is 371 g/mol. The van der Waals surface area contributed by atoms with Crippen LogP contribution < -0.4 is 15.1 Å². The molecule has 116 valence electrons. The van der Waals surface area contributed by atoms with E-state index >= 15 is 0 Å². The minimum absolute atomic E-state index is 0.576. The third kappa shape index (κ3) is 3.41. The van der Waals surface area contributed by atoms with Gasteiger partial charge in [-0.15, -0.1) is 0 Å². The Kier molecular flexibility index (Phi) is 4.70. The van der Waals surface area contributed by atoms with Crippen molar-refractivity contribution in [3.63, 3.8) is 0 Å². The summed E-state index contributed by atoms with van der Waals surface area (Å²) < 4.78 is 20.6. The number of aryl methyl sites for hydroxylation is 1. The SMILES string of the molecule is Cc1ccc(OP(=O)(c2ccccc2)c2ccccc2)c(Br)c1. The summed E-state index contributed by atoms with van der Waals surface area (Å²) in [6.45, 7) is 2.00. The van der Waals surface area contributed by atoms with Gasteiger partial charge < -0.3 is 4.52 Å². The summed E-state index contributed by atoms with van der Waals surface area (Å²) in [4.78, 5) is 0. The molecule has 0 radical (unpaired) electrons. The van der Waals surface area contributed by atoms with Gasteiger partial charge in [0.15, 0.2) is 0 Å². The number of halogens is 1. The van der Waals surface area contributed by atoms with Crippen LogP contribution in [-0.4, -0.2) is 0 Å². The van der Waals surface area contributed by atoms with Crippen molar-refractivity contribution in [2.24, 2.45) is 0 Å². The third-order valence-corrected chi connectivity index (χ3v) is 6.54. The molecule has 0 aliphatic rings. The van der Waals surface area contributed by atoms with E-state index in [1.165, 1.54) is 0 Å². The van der Waals surface area contributed by atoms with Gasteiger partial charge in [-0.1, -0.05) is 42.5 Å². The topological polar surface area (TPSA) is 26.3 Å². The van der Waals surface area contributed by atoms with Crippen molar-refractivity contribution in [2.45, 2.75) is 6.92 Å². The summed E-state index contributed by atoms with van der Waals surface area (Å²) >= 11 is 3.50. The van der Waals surface area contributed by atoms with Gasteiger partial charge in [0.2, 0.25) is 0 Å². The first-order valence-corrected chi connectivity index (χ1v) is 9.68. The molecule has 3 rings (SSSR count). The van der Waals surface area contributed by atoms with Gasteiger partial charge in [-0.2, -0.15) is 0 Å². The van der Waals surface area contributed by atoms with Crippen molar-refractivity contribution in [1.29, 1.82) is 0 Å². The van der Waals surface area contributed by atoms with Gasteiger partial charge in [-0.05, 0) is 64.8 Å². The smallest absolute Gasteiger partial charge is 0.306 e. The molecule has 0 N–H and O–H groups in total. The molecule has 0 fully saturated rings. The quantitative estimate of drug-likeness (QED) is 0.585. The van der Waals surface area contributed by atoms with E-state index in [0.717, 1.165) is 10.0 Å². The van der Waals surface area contributed by atoms with Gasteiger partial charge in [0.05, 0.1) is 15.1 Å². The fourth-order valence-electron chi connectivity index (χ4n) is 2.32. The third-order valence-electron chi connectivity index (χ3n) is 3.51. The van der Waals surface area contributed by atoms with Crippen LogP contribution in [-0.2, 0) is 4.57 Å². The molecule has 0 heterocycles. The highest BCUT2D eigenvalue weighted by molar-refractivity contribution is 9.10. The van der Waals surface area contributed by atoms with Gasteiger partial charge in [0.25, 0.3) is 0 Å². The Labute approximate surface area is 144 Å². The lowest BCUT2D eigenvalue weighted by Gasteiger charge is -2.21. The van der Waals surface area contributed by atoms with Gasteiger partial charge in [0.1, 0.15) is 5.75 Å². The average molecular weight is 387 g/mol. The maximum absolute atomic E-state index is 13.8. The predicted octanol–water partition coefficient (Wildman–Crippen LogP) is 5.07. The zero-order chi connectivity index (χ0) is 16.3. The standard InChI is InChI=1S/C19H16BrO2P/c1-15-12-13-19(18(20)14-15)22-23(21,16-8-4-2-5-9-16)17-10-6-3-7-11-17/h2-14H,1H3. The number of benzene rings is 3. The van der Waals surface area contributed by atoms with Crippen LogP contribution in [0.5, 0.6) is 5.75 Å². The summed E-state index contributed by atoms with van der Waals surface area (Å²) in [6.07, 6.45) is 0. The van der Waals surface area contributed by atoms with Gasteiger partial charge in [-0.25, -0.2) is 0 Å². The van der Waals surface area contributed by atoms with Crippen LogP contribution in [0.2, 0.25) is 0 Å². The fraction of sp³-hybridized carbons (Fsp3) is 0.0526. The summed E-state index contributed by atoms with van der Waals surface area (Å²) in [5, 5.41) is 1.36.